The maximum atomic E-state index is 12.4. The summed E-state index contributed by atoms with van der Waals surface area (Å²) in [5, 5.41) is 6.80. The zero-order valence-corrected chi connectivity index (χ0v) is 13.4. The molecule has 114 valence electrons. The largest absolute Gasteiger partial charge is 0.339 e. The van der Waals surface area contributed by atoms with Crippen molar-refractivity contribution in [2.45, 2.75) is 12.5 Å². The molecule has 0 unspecified atom stereocenters. The fraction of sp³-hybridized carbons (Fsp3) is 0.286. The maximum absolute atomic E-state index is 12.4. The van der Waals surface area contributed by atoms with Crippen LogP contribution in [0.1, 0.15) is 16.9 Å². The van der Waals surface area contributed by atoms with Crippen molar-refractivity contribution < 1.29 is 9.59 Å². The number of pyridine rings is 1. The SMILES string of the molecule is Cn1cc(N2CC[C@@H](NC(=O)c3cccc(Br)n3)C2=O)cn1. The van der Waals surface area contributed by atoms with Crippen molar-refractivity contribution >= 4 is 33.4 Å². The Balaban J connectivity index is 1.69. The van der Waals surface area contributed by atoms with Gasteiger partial charge in [-0.1, -0.05) is 6.07 Å². The lowest BCUT2D eigenvalue weighted by Gasteiger charge is -2.15. The van der Waals surface area contributed by atoms with Gasteiger partial charge in [0.2, 0.25) is 5.91 Å². The van der Waals surface area contributed by atoms with Gasteiger partial charge in [0.25, 0.3) is 5.91 Å². The highest BCUT2D eigenvalue weighted by Gasteiger charge is 2.34. The summed E-state index contributed by atoms with van der Waals surface area (Å²) < 4.78 is 2.22. The van der Waals surface area contributed by atoms with E-state index < -0.39 is 6.04 Å². The number of carbonyl (C=O) groups is 2. The first kappa shape index (κ1) is 14.7. The average Bonchev–Trinajstić information content (AvgIpc) is 3.06. The third kappa shape index (κ3) is 2.87. The van der Waals surface area contributed by atoms with Crippen LogP contribution < -0.4 is 10.2 Å². The monoisotopic (exact) mass is 363 g/mol. The van der Waals surface area contributed by atoms with E-state index in [0.29, 0.717) is 17.6 Å². The summed E-state index contributed by atoms with van der Waals surface area (Å²) in [4.78, 5) is 30.3. The molecule has 1 aliphatic heterocycles. The van der Waals surface area contributed by atoms with Crippen molar-refractivity contribution in [2.75, 3.05) is 11.4 Å². The van der Waals surface area contributed by atoms with Crippen LogP contribution in [0.4, 0.5) is 5.69 Å². The first-order chi connectivity index (χ1) is 10.5. The van der Waals surface area contributed by atoms with Crippen molar-refractivity contribution in [2.24, 2.45) is 7.05 Å². The zero-order chi connectivity index (χ0) is 15.7. The summed E-state index contributed by atoms with van der Waals surface area (Å²) in [5.41, 5.74) is 1.02. The Morgan fingerprint density at radius 1 is 1.45 bits per heavy atom. The minimum Gasteiger partial charge on any atom is -0.339 e. The lowest BCUT2D eigenvalue weighted by atomic mass is 10.2. The lowest BCUT2D eigenvalue weighted by molar-refractivity contribution is -0.118. The molecule has 0 saturated carbocycles. The fourth-order valence-corrected chi connectivity index (χ4v) is 2.73. The van der Waals surface area contributed by atoms with E-state index in [-0.39, 0.29) is 17.5 Å². The fourth-order valence-electron chi connectivity index (χ4n) is 2.38. The normalized spacial score (nSPS) is 17.8. The van der Waals surface area contributed by atoms with Crippen molar-refractivity contribution in [3.05, 3.63) is 40.9 Å². The maximum Gasteiger partial charge on any atom is 0.270 e. The summed E-state index contributed by atoms with van der Waals surface area (Å²) in [6, 6.07) is 4.54. The second kappa shape index (κ2) is 5.88. The summed E-state index contributed by atoms with van der Waals surface area (Å²) in [6.07, 6.45) is 3.98. The Morgan fingerprint density at radius 3 is 2.95 bits per heavy atom. The van der Waals surface area contributed by atoms with Crippen molar-refractivity contribution in [1.29, 1.82) is 0 Å². The molecule has 3 heterocycles. The van der Waals surface area contributed by atoms with E-state index >= 15 is 0 Å². The third-order valence-electron chi connectivity index (χ3n) is 3.46. The van der Waals surface area contributed by atoms with Gasteiger partial charge in [-0.25, -0.2) is 4.98 Å². The highest BCUT2D eigenvalue weighted by atomic mass is 79.9. The standard InChI is InChI=1S/C14H14BrN5O2/c1-19-8-9(7-16-19)20-6-5-11(14(20)22)18-13(21)10-3-2-4-12(15)17-10/h2-4,7-8,11H,5-6H2,1H3,(H,18,21)/t11-/m1/s1. The van der Waals surface area contributed by atoms with Crippen LogP contribution in [0.2, 0.25) is 0 Å². The molecular weight excluding hydrogens is 350 g/mol. The molecular formula is C14H14BrN5O2. The minimum absolute atomic E-state index is 0.128. The molecule has 1 atom stereocenters. The lowest BCUT2D eigenvalue weighted by Crippen LogP contribution is -2.41. The molecule has 1 aliphatic rings. The van der Waals surface area contributed by atoms with Crippen molar-refractivity contribution in [1.82, 2.24) is 20.1 Å². The number of nitrogens with zero attached hydrogens (tertiary/aromatic N) is 4. The number of hydrogen-bond donors (Lipinski definition) is 1. The molecule has 0 radical (unpaired) electrons. The Hall–Kier alpha value is -2.22. The smallest absolute Gasteiger partial charge is 0.270 e. The first-order valence-electron chi connectivity index (χ1n) is 6.78. The van der Waals surface area contributed by atoms with Gasteiger partial charge >= 0.3 is 0 Å². The van der Waals surface area contributed by atoms with Crippen LogP contribution in [-0.2, 0) is 11.8 Å². The molecule has 3 rings (SSSR count). The Labute approximate surface area is 135 Å². The van der Waals surface area contributed by atoms with E-state index in [1.807, 2.05) is 0 Å². The number of carbonyl (C=O) groups excluding carboxylic acids is 2. The van der Waals surface area contributed by atoms with Gasteiger partial charge in [0.1, 0.15) is 16.3 Å². The number of halogens is 1. The number of rotatable bonds is 3. The number of nitrogens with one attached hydrogen (secondary N) is 1. The van der Waals surface area contributed by atoms with Gasteiger partial charge < -0.3 is 10.2 Å². The highest BCUT2D eigenvalue weighted by molar-refractivity contribution is 9.10. The van der Waals surface area contributed by atoms with Crippen molar-refractivity contribution in [3.8, 4) is 0 Å². The number of amides is 2. The van der Waals surface area contributed by atoms with E-state index in [2.05, 4.69) is 31.3 Å². The van der Waals surface area contributed by atoms with Crippen LogP contribution in [0.25, 0.3) is 0 Å². The second-order valence-electron chi connectivity index (χ2n) is 5.02. The average molecular weight is 364 g/mol. The highest BCUT2D eigenvalue weighted by Crippen LogP contribution is 2.20. The van der Waals surface area contributed by atoms with Gasteiger partial charge in [-0.3, -0.25) is 14.3 Å². The molecule has 0 aromatic carbocycles. The molecule has 1 fully saturated rings. The topological polar surface area (TPSA) is 80.1 Å². The molecule has 7 nitrogen and oxygen atoms in total. The zero-order valence-electron chi connectivity index (χ0n) is 11.9. The number of hydrogen-bond acceptors (Lipinski definition) is 4. The van der Waals surface area contributed by atoms with Gasteiger partial charge in [-0.15, -0.1) is 0 Å². The molecule has 2 aromatic rings. The minimum atomic E-state index is -0.534. The summed E-state index contributed by atoms with van der Waals surface area (Å²) >= 11 is 3.22. The van der Waals surface area contributed by atoms with E-state index in [1.54, 1.807) is 47.2 Å². The van der Waals surface area contributed by atoms with Crippen LogP contribution >= 0.6 is 15.9 Å². The van der Waals surface area contributed by atoms with Gasteiger partial charge in [0.15, 0.2) is 0 Å². The molecule has 0 aliphatic carbocycles. The third-order valence-corrected chi connectivity index (χ3v) is 3.90. The van der Waals surface area contributed by atoms with Crippen LogP contribution in [0, 0.1) is 0 Å². The molecule has 1 N–H and O–H groups in total. The number of aromatic nitrogens is 3. The molecule has 2 amide bonds. The summed E-state index contributed by atoms with van der Waals surface area (Å²) in [6.45, 7) is 0.557. The molecule has 0 spiro atoms. The number of aryl methyl sites for hydroxylation is 1. The molecule has 2 aromatic heterocycles. The molecule has 1 saturated heterocycles. The molecule has 8 heteroatoms. The first-order valence-corrected chi connectivity index (χ1v) is 7.57. The van der Waals surface area contributed by atoms with Gasteiger partial charge in [-0.05, 0) is 34.5 Å². The van der Waals surface area contributed by atoms with Gasteiger partial charge in [0, 0.05) is 19.8 Å². The quantitative estimate of drug-likeness (QED) is 0.828. The Bertz CT molecular complexity index is 730. The Kier molecular flexibility index (Phi) is 3.93. The van der Waals surface area contributed by atoms with Crippen LogP contribution in [0.15, 0.2) is 35.2 Å². The number of anilines is 1. The van der Waals surface area contributed by atoms with Crippen LogP contribution in [-0.4, -0.2) is 39.2 Å². The summed E-state index contributed by atoms with van der Waals surface area (Å²) in [7, 11) is 1.79. The van der Waals surface area contributed by atoms with Gasteiger partial charge in [0.05, 0.1) is 11.9 Å². The van der Waals surface area contributed by atoms with E-state index in [0.717, 1.165) is 5.69 Å². The van der Waals surface area contributed by atoms with E-state index in [1.165, 1.54) is 0 Å². The Morgan fingerprint density at radius 2 is 2.27 bits per heavy atom. The predicted molar refractivity (Wildman–Crippen MR) is 83.4 cm³/mol. The van der Waals surface area contributed by atoms with Crippen LogP contribution in [0.3, 0.4) is 0 Å². The van der Waals surface area contributed by atoms with Crippen LogP contribution in [0.5, 0.6) is 0 Å². The molecule has 0 bridgehead atoms. The van der Waals surface area contributed by atoms with Gasteiger partial charge in [-0.2, -0.15) is 5.10 Å². The summed E-state index contributed by atoms with van der Waals surface area (Å²) in [5.74, 6) is -0.482. The predicted octanol–water partition coefficient (Wildman–Crippen LogP) is 1.11. The second-order valence-corrected chi connectivity index (χ2v) is 5.83. The molecule has 22 heavy (non-hydrogen) atoms. The van der Waals surface area contributed by atoms with E-state index in [4.69, 9.17) is 0 Å². The van der Waals surface area contributed by atoms with E-state index in [9.17, 15) is 9.59 Å². The van der Waals surface area contributed by atoms with Crippen molar-refractivity contribution in [3.63, 3.8) is 0 Å².